The molecule has 1 aromatic carbocycles. The number of benzene rings is 1. The average molecular weight is 297 g/mol. The molecule has 2 aromatic rings. The van der Waals surface area contributed by atoms with Gasteiger partial charge in [0.15, 0.2) is 0 Å². The van der Waals surface area contributed by atoms with Crippen molar-refractivity contribution >= 4 is 34.2 Å². The van der Waals surface area contributed by atoms with E-state index in [1.54, 1.807) is 0 Å². The second kappa shape index (κ2) is 4.99. The van der Waals surface area contributed by atoms with Crippen LogP contribution in [0.25, 0.3) is 11.0 Å². The largest absolute Gasteiger partial charge is 0.325 e. The highest BCUT2D eigenvalue weighted by molar-refractivity contribution is 6.42. The van der Waals surface area contributed by atoms with Gasteiger partial charge in [0.1, 0.15) is 5.82 Å². The van der Waals surface area contributed by atoms with E-state index in [1.807, 2.05) is 12.1 Å². The minimum Gasteiger partial charge on any atom is -0.325 e. The van der Waals surface area contributed by atoms with Gasteiger partial charge in [-0.1, -0.05) is 49.9 Å². The molecule has 1 aromatic heterocycles. The molecule has 1 saturated carbocycles. The standard InChI is InChI=1S/C15H18Cl2N2/c1-9(2)15-18-13-7-11(16)12(17)8-14(13)19(15)10-5-3-4-6-10/h7-10H,3-6H2,1-2H3. The summed E-state index contributed by atoms with van der Waals surface area (Å²) in [4.78, 5) is 4.78. The van der Waals surface area contributed by atoms with Crippen molar-refractivity contribution in [3.05, 3.63) is 28.0 Å². The van der Waals surface area contributed by atoms with E-state index in [9.17, 15) is 0 Å². The van der Waals surface area contributed by atoms with Gasteiger partial charge in [-0.05, 0) is 25.0 Å². The minimum absolute atomic E-state index is 0.408. The summed E-state index contributed by atoms with van der Waals surface area (Å²) in [5.41, 5.74) is 2.09. The van der Waals surface area contributed by atoms with Crippen molar-refractivity contribution in [1.82, 2.24) is 9.55 Å². The molecule has 3 rings (SSSR count). The van der Waals surface area contributed by atoms with Crippen LogP contribution in [0.4, 0.5) is 0 Å². The Morgan fingerprint density at radius 3 is 2.42 bits per heavy atom. The molecule has 1 aliphatic carbocycles. The fourth-order valence-electron chi connectivity index (χ4n) is 3.06. The van der Waals surface area contributed by atoms with Crippen LogP contribution < -0.4 is 0 Å². The highest BCUT2D eigenvalue weighted by Gasteiger charge is 2.24. The Hall–Kier alpha value is -0.730. The number of nitrogens with zero attached hydrogens (tertiary/aromatic N) is 2. The quantitative estimate of drug-likeness (QED) is 0.707. The molecule has 0 N–H and O–H groups in total. The summed E-state index contributed by atoms with van der Waals surface area (Å²) < 4.78 is 2.40. The number of fused-ring (bicyclic) bond motifs is 1. The molecule has 2 nitrogen and oxygen atoms in total. The Kier molecular flexibility index (Phi) is 3.48. The van der Waals surface area contributed by atoms with E-state index in [2.05, 4.69) is 18.4 Å². The molecular weight excluding hydrogens is 279 g/mol. The fraction of sp³-hybridized carbons (Fsp3) is 0.533. The molecule has 102 valence electrons. The first kappa shape index (κ1) is 13.3. The van der Waals surface area contributed by atoms with E-state index >= 15 is 0 Å². The van der Waals surface area contributed by atoms with E-state index < -0.39 is 0 Å². The van der Waals surface area contributed by atoms with Crippen molar-refractivity contribution in [2.45, 2.75) is 51.5 Å². The Balaban J connectivity index is 2.25. The number of rotatable bonds is 2. The zero-order chi connectivity index (χ0) is 13.6. The lowest BCUT2D eigenvalue weighted by molar-refractivity contribution is 0.499. The van der Waals surface area contributed by atoms with Crippen LogP contribution in [-0.4, -0.2) is 9.55 Å². The van der Waals surface area contributed by atoms with Crippen molar-refractivity contribution in [3.63, 3.8) is 0 Å². The van der Waals surface area contributed by atoms with Gasteiger partial charge in [0, 0.05) is 12.0 Å². The van der Waals surface area contributed by atoms with Crippen molar-refractivity contribution < 1.29 is 0 Å². The highest BCUT2D eigenvalue weighted by atomic mass is 35.5. The van der Waals surface area contributed by atoms with Gasteiger partial charge in [0.25, 0.3) is 0 Å². The van der Waals surface area contributed by atoms with E-state index in [0.29, 0.717) is 22.0 Å². The second-order valence-electron chi connectivity index (χ2n) is 5.69. The number of hydrogen-bond acceptors (Lipinski definition) is 1. The SMILES string of the molecule is CC(C)c1nc2cc(Cl)c(Cl)cc2n1C1CCCC1. The van der Waals surface area contributed by atoms with Gasteiger partial charge in [-0.3, -0.25) is 0 Å². The Bertz CT molecular complexity index is 610. The summed E-state index contributed by atoms with van der Waals surface area (Å²) in [7, 11) is 0. The van der Waals surface area contributed by atoms with Crippen LogP contribution in [-0.2, 0) is 0 Å². The van der Waals surface area contributed by atoms with Crippen molar-refractivity contribution in [1.29, 1.82) is 0 Å². The summed E-state index contributed by atoms with van der Waals surface area (Å²) >= 11 is 12.3. The average Bonchev–Trinajstić information content (AvgIpc) is 2.96. The van der Waals surface area contributed by atoms with Crippen LogP contribution in [0, 0.1) is 0 Å². The maximum atomic E-state index is 6.18. The lowest BCUT2D eigenvalue weighted by Gasteiger charge is -2.18. The smallest absolute Gasteiger partial charge is 0.112 e. The van der Waals surface area contributed by atoms with Gasteiger partial charge in [0.05, 0.1) is 21.1 Å². The highest BCUT2D eigenvalue weighted by Crippen LogP contribution is 2.37. The van der Waals surface area contributed by atoms with Crippen molar-refractivity contribution in [2.75, 3.05) is 0 Å². The molecule has 0 unspecified atom stereocenters. The molecule has 0 amide bonds. The van der Waals surface area contributed by atoms with Gasteiger partial charge in [0.2, 0.25) is 0 Å². The Morgan fingerprint density at radius 1 is 1.16 bits per heavy atom. The van der Waals surface area contributed by atoms with E-state index in [0.717, 1.165) is 16.9 Å². The second-order valence-corrected chi connectivity index (χ2v) is 6.50. The third-order valence-corrected chi connectivity index (χ3v) is 4.69. The molecule has 1 heterocycles. The zero-order valence-electron chi connectivity index (χ0n) is 11.3. The maximum absolute atomic E-state index is 6.18. The third-order valence-electron chi connectivity index (χ3n) is 3.97. The molecule has 4 heteroatoms. The molecular formula is C15H18Cl2N2. The van der Waals surface area contributed by atoms with Crippen molar-refractivity contribution in [3.8, 4) is 0 Å². The third kappa shape index (κ3) is 2.25. The topological polar surface area (TPSA) is 17.8 Å². The summed E-state index contributed by atoms with van der Waals surface area (Å²) in [5.74, 6) is 1.56. The zero-order valence-corrected chi connectivity index (χ0v) is 12.8. The first-order valence-corrected chi connectivity index (χ1v) is 7.70. The van der Waals surface area contributed by atoms with Gasteiger partial charge < -0.3 is 4.57 Å². The monoisotopic (exact) mass is 296 g/mol. The van der Waals surface area contributed by atoms with Crippen LogP contribution in [0.2, 0.25) is 10.0 Å². The van der Waals surface area contributed by atoms with Gasteiger partial charge in [-0.25, -0.2) is 4.98 Å². The number of hydrogen-bond donors (Lipinski definition) is 0. The fourth-order valence-corrected chi connectivity index (χ4v) is 3.38. The van der Waals surface area contributed by atoms with Crippen LogP contribution in [0.1, 0.15) is 57.3 Å². The summed E-state index contributed by atoms with van der Waals surface area (Å²) in [6.07, 6.45) is 5.10. The molecule has 1 aliphatic rings. The molecule has 0 atom stereocenters. The first-order chi connectivity index (χ1) is 9.08. The number of imidazole rings is 1. The van der Waals surface area contributed by atoms with Crippen LogP contribution in [0.15, 0.2) is 12.1 Å². The number of aromatic nitrogens is 2. The molecule has 19 heavy (non-hydrogen) atoms. The lowest BCUT2D eigenvalue weighted by atomic mass is 10.1. The molecule has 0 saturated heterocycles. The van der Waals surface area contributed by atoms with Gasteiger partial charge in [-0.2, -0.15) is 0 Å². The predicted octanol–water partition coefficient (Wildman–Crippen LogP) is 5.58. The lowest BCUT2D eigenvalue weighted by Crippen LogP contribution is -2.10. The Labute approximate surface area is 123 Å². The van der Waals surface area contributed by atoms with Crippen molar-refractivity contribution in [2.24, 2.45) is 0 Å². The molecule has 0 aliphatic heterocycles. The maximum Gasteiger partial charge on any atom is 0.112 e. The predicted molar refractivity (Wildman–Crippen MR) is 81.3 cm³/mol. The van der Waals surface area contributed by atoms with E-state index in [1.165, 1.54) is 25.7 Å². The minimum atomic E-state index is 0.408. The van der Waals surface area contributed by atoms with Crippen LogP contribution in [0.3, 0.4) is 0 Å². The molecule has 0 bridgehead atoms. The summed E-state index contributed by atoms with van der Waals surface area (Å²) in [6.45, 7) is 4.38. The normalized spacial score (nSPS) is 16.9. The van der Waals surface area contributed by atoms with E-state index in [-0.39, 0.29) is 0 Å². The van der Waals surface area contributed by atoms with Crippen LogP contribution >= 0.6 is 23.2 Å². The number of halogens is 2. The van der Waals surface area contributed by atoms with E-state index in [4.69, 9.17) is 28.2 Å². The van der Waals surface area contributed by atoms with Gasteiger partial charge >= 0.3 is 0 Å². The molecule has 0 radical (unpaired) electrons. The molecule has 0 spiro atoms. The molecule has 1 fully saturated rings. The van der Waals surface area contributed by atoms with Crippen LogP contribution in [0.5, 0.6) is 0 Å². The van der Waals surface area contributed by atoms with Gasteiger partial charge in [-0.15, -0.1) is 0 Å². The Morgan fingerprint density at radius 2 is 1.79 bits per heavy atom. The first-order valence-electron chi connectivity index (χ1n) is 6.95. The summed E-state index contributed by atoms with van der Waals surface area (Å²) in [6, 6.07) is 4.42. The summed E-state index contributed by atoms with van der Waals surface area (Å²) in [5, 5.41) is 1.20.